The molecule has 0 heterocycles. The molecule has 0 radical (unpaired) electrons. The SMILES string of the molecule is CC[C@@H](C)c1cc(C#N)c(F)c(C(C)C)c1CC(=O)O. The van der Waals surface area contributed by atoms with Crippen molar-refractivity contribution in [1.29, 1.82) is 5.26 Å². The number of carbonyl (C=O) groups is 1. The van der Waals surface area contributed by atoms with Crippen LogP contribution in [0.3, 0.4) is 0 Å². The Morgan fingerprint density at radius 3 is 2.45 bits per heavy atom. The van der Waals surface area contributed by atoms with Crippen molar-refractivity contribution in [3.8, 4) is 6.07 Å². The minimum absolute atomic E-state index is 0.00172. The number of hydrogen-bond donors (Lipinski definition) is 1. The van der Waals surface area contributed by atoms with Gasteiger partial charge in [-0.05, 0) is 41.0 Å². The predicted octanol–water partition coefficient (Wildman–Crippen LogP) is 3.96. The molecule has 0 unspecified atom stereocenters. The van der Waals surface area contributed by atoms with Crippen LogP contribution in [0.4, 0.5) is 4.39 Å². The minimum Gasteiger partial charge on any atom is -0.481 e. The lowest BCUT2D eigenvalue weighted by atomic mass is 9.83. The lowest BCUT2D eigenvalue weighted by molar-refractivity contribution is -0.136. The lowest BCUT2D eigenvalue weighted by Gasteiger charge is -2.21. The van der Waals surface area contributed by atoms with Gasteiger partial charge in [0.05, 0.1) is 12.0 Å². The molecule has 1 atom stereocenters. The summed E-state index contributed by atoms with van der Waals surface area (Å²) in [4.78, 5) is 11.1. The Kier molecular flexibility index (Phi) is 5.26. The second-order valence-corrected chi connectivity index (χ2v) is 5.37. The van der Waals surface area contributed by atoms with Crippen molar-refractivity contribution in [3.05, 3.63) is 34.1 Å². The van der Waals surface area contributed by atoms with Crippen LogP contribution in [0, 0.1) is 17.1 Å². The fraction of sp³-hybridized carbons (Fsp3) is 0.500. The zero-order valence-electron chi connectivity index (χ0n) is 12.3. The van der Waals surface area contributed by atoms with Gasteiger partial charge in [0.25, 0.3) is 0 Å². The van der Waals surface area contributed by atoms with Gasteiger partial charge < -0.3 is 5.11 Å². The first kappa shape index (κ1) is 16.2. The topological polar surface area (TPSA) is 61.1 Å². The number of nitriles is 1. The summed E-state index contributed by atoms with van der Waals surface area (Å²) in [7, 11) is 0. The van der Waals surface area contributed by atoms with Crippen LogP contribution in [0.25, 0.3) is 0 Å². The molecule has 0 saturated heterocycles. The number of hydrogen-bond acceptors (Lipinski definition) is 2. The van der Waals surface area contributed by atoms with Gasteiger partial charge in [0.1, 0.15) is 11.9 Å². The Balaban J connectivity index is 3.68. The summed E-state index contributed by atoms with van der Waals surface area (Å²) < 4.78 is 14.4. The smallest absolute Gasteiger partial charge is 0.307 e. The third kappa shape index (κ3) is 3.16. The summed E-state index contributed by atoms with van der Waals surface area (Å²) in [6.07, 6.45) is 0.594. The Bertz CT molecular complexity index is 559. The van der Waals surface area contributed by atoms with E-state index in [9.17, 15) is 9.18 Å². The molecule has 0 aliphatic rings. The summed E-state index contributed by atoms with van der Waals surface area (Å²) >= 11 is 0. The molecule has 0 amide bonds. The maximum atomic E-state index is 14.4. The molecule has 0 aliphatic carbocycles. The molecule has 0 fully saturated rings. The number of carboxylic acids is 1. The molecule has 108 valence electrons. The summed E-state index contributed by atoms with van der Waals surface area (Å²) in [5.74, 6) is -1.64. The maximum absolute atomic E-state index is 14.4. The normalized spacial score (nSPS) is 12.2. The maximum Gasteiger partial charge on any atom is 0.307 e. The van der Waals surface area contributed by atoms with Crippen LogP contribution in [0.5, 0.6) is 0 Å². The van der Waals surface area contributed by atoms with E-state index in [0.29, 0.717) is 11.1 Å². The van der Waals surface area contributed by atoms with E-state index in [0.717, 1.165) is 12.0 Å². The van der Waals surface area contributed by atoms with Gasteiger partial charge in [-0.2, -0.15) is 5.26 Å². The van der Waals surface area contributed by atoms with Crippen LogP contribution < -0.4 is 0 Å². The van der Waals surface area contributed by atoms with Crippen molar-refractivity contribution in [2.45, 2.75) is 52.4 Å². The van der Waals surface area contributed by atoms with Gasteiger partial charge in [-0.1, -0.05) is 27.7 Å². The highest BCUT2D eigenvalue weighted by Crippen LogP contribution is 2.33. The second-order valence-electron chi connectivity index (χ2n) is 5.37. The van der Waals surface area contributed by atoms with Crippen molar-refractivity contribution in [3.63, 3.8) is 0 Å². The lowest BCUT2D eigenvalue weighted by Crippen LogP contribution is -2.13. The zero-order chi connectivity index (χ0) is 15.4. The number of halogens is 1. The largest absolute Gasteiger partial charge is 0.481 e. The van der Waals surface area contributed by atoms with Gasteiger partial charge in [-0.3, -0.25) is 4.79 Å². The van der Waals surface area contributed by atoms with Crippen LogP contribution in [-0.4, -0.2) is 11.1 Å². The second kappa shape index (κ2) is 6.51. The molecule has 0 bridgehead atoms. The Morgan fingerprint density at radius 1 is 1.45 bits per heavy atom. The molecule has 1 aromatic rings. The fourth-order valence-corrected chi connectivity index (χ4v) is 2.43. The highest BCUT2D eigenvalue weighted by Gasteiger charge is 2.23. The average Bonchev–Trinajstić information content (AvgIpc) is 2.37. The van der Waals surface area contributed by atoms with Crippen LogP contribution in [-0.2, 0) is 11.2 Å². The van der Waals surface area contributed by atoms with Gasteiger partial charge in [0, 0.05) is 0 Å². The van der Waals surface area contributed by atoms with E-state index in [1.165, 1.54) is 6.07 Å². The number of nitrogens with zero attached hydrogens (tertiary/aromatic N) is 1. The average molecular weight is 277 g/mol. The number of aliphatic carboxylic acids is 1. The molecule has 0 spiro atoms. The number of rotatable bonds is 5. The quantitative estimate of drug-likeness (QED) is 0.886. The molecule has 0 saturated carbocycles. The third-order valence-electron chi connectivity index (χ3n) is 3.62. The van der Waals surface area contributed by atoms with E-state index >= 15 is 0 Å². The molecular formula is C16H20FNO2. The van der Waals surface area contributed by atoms with E-state index in [-0.39, 0.29) is 23.8 Å². The molecule has 0 aromatic heterocycles. The molecule has 4 heteroatoms. The highest BCUT2D eigenvalue weighted by molar-refractivity contribution is 5.72. The van der Waals surface area contributed by atoms with Crippen LogP contribution in [0.1, 0.15) is 68.2 Å². The molecule has 1 N–H and O–H groups in total. The van der Waals surface area contributed by atoms with Crippen molar-refractivity contribution >= 4 is 5.97 Å². The summed E-state index contributed by atoms with van der Waals surface area (Å²) in [6, 6.07) is 3.38. The van der Waals surface area contributed by atoms with E-state index in [1.807, 2.05) is 33.8 Å². The molecule has 20 heavy (non-hydrogen) atoms. The van der Waals surface area contributed by atoms with Gasteiger partial charge >= 0.3 is 5.97 Å². The van der Waals surface area contributed by atoms with Crippen molar-refractivity contribution < 1.29 is 14.3 Å². The minimum atomic E-state index is -0.986. The predicted molar refractivity (Wildman–Crippen MR) is 75.2 cm³/mol. The molecule has 0 aliphatic heterocycles. The third-order valence-corrected chi connectivity index (χ3v) is 3.62. The van der Waals surface area contributed by atoms with Crippen molar-refractivity contribution in [1.82, 2.24) is 0 Å². The van der Waals surface area contributed by atoms with Crippen LogP contribution in [0.15, 0.2) is 6.07 Å². The Morgan fingerprint density at radius 2 is 2.05 bits per heavy atom. The van der Waals surface area contributed by atoms with E-state index in [2.05, 4.69) is 0 Å². The Hall–Kier alpha value is -1.89. The van der Waals surface area contributed by atoms with Gasteiger partial charge in [0.2, 0.25) is 0 Å². The van der Waals surface area contributed by atoms with E-state index < -0.39 is 11.8 Å². The zero-order valence-corrected chi connectivity index (χ0v) is 12.3. The van der Waals surface area contributed by atoms with Crippen molar-refractivity contribution in [2.24, 2.45) is 0 Å². The van der Waals surface area contributed by atoms with Gasteiger partial charge in [0.15, 0.2) is 0 Å². The molecular weight excluding hydrogens is 257 g/mol. The summed E-state index contributed by atoms with van der Waals surface area (Å²) in [5.41, 5.74) is 1.66. The van der Waals surface area contributed by atoms with E-state index in [4.69, 9.17) is 10.4 Å². The first-order valence-corrected chi connectivity index (χ1v) is 6.80. The van der Waals surface area contributed by atoms with Gasteiger partial charge in [-0.25, -0.2) is 4.39 Å². The summed E-state index contributed by atoms with van der Waals surface area (Å²) in [6.45, 7) is 7.57. The molecule has 3 nitrogen and oxygen atoms in total. The van der Waals surface area contributed by atoms with Crippen molar-refractivity contribution in [2.75, 3.05) is 0 Å². The molecule has 1 aromatic carbocycles. The molecule has 1 rings (SSSR count). The van der Waals surface area contributed by atoms with Gasteiger partial charge in [-0.15, -0.1) is 0 Å². The van der Waals surface area contributed by atoms with E-state index in [1.54, 1.807) is 0 Å². The first-order valence-electron chi connectivity index (χ1n) is 6.80. The number of benzene rings is 1. The standard InChI is InChI=1S/C16H20FNO2/c1-5-10(4)12-6-11(8-18)16(17)15(9(2)3)13(12)7-14(19)20/h6,9-10H,5,7H2,1-4H3,(H,19,20)/t10-/m1/s1. The highest BCUT2D eigenvalue weighted by atomic mass is 19.1. The monoisotopic (exact) mass is 277 g/mol. The van der Waals surface area contributed by atoms with Crippen LogP contribution >= 0.6 is 0 Å². The number of carboxylic acid groups (broad SMARTS) is 1. The van der Waals surface area contributed by atoms with Crippen LogP contribution in [0.2, 0.25) is 0 Å². The Labute approximate surface area is 119 Å². The first-order chi connectivity index (χ1) is 9.33. The summed E-state index contributed by atoms with van der Waals surface area (Å²) in [5, 5.41) is 18.2. The fourth-order valence-electron chi connectivity index (χ4n) is 2.43.